The molecule has 55 heavy (non-hydrogen) atoms. The largest absolute Gasteiger partial charge is 0.208 e. The van der Waals surface area contributed by atoms with Crippen LogP contribution < -0.4 is 0 Å². The van der Waals surface area contributed by atoms with E-state index in [1.54, 1.807) is 0 Å². The van der Waals surface area contributed by atoms with Gasteiger partial charge < -0.3 is 0 Å². The Kier molecular flexibility index (Phi) is 7.35. The van der Waals surface area contributed by atoms with Crippen LogP contribution >= 0.6 is 11.3 Å². The number of hydrogen-bond donors (Lipinski definition) is 0. The third-order valence-electron chi connectivity index (χ3n) is 10.7. The topological polar surface area (TPSA) is 38.7 Å². The van der Waals surface area contributed by atoms with Gasteiger partial charge in [-0.1, -0.05) is 158 Å². The third kappa shape index (κ3) is 5.46. The SMILES string of the molecule is c1ccc(-c2ccc3cccc(-c4nc(-c5ccccc5)nc(-c5cc(-c6ccc7c(c6)sc6ccccc67)cc6c5ccc5ccccc56)n4)c3c2)cc1. The molecule has 0 amide bonds. The minimum atomic E-state index is 0.642. The van der Waals surface area contributed by atoms with Crippen molar-refractivity contribution in [2.45, 2.75) is 0 Å². The van der Waals surface area contributed by atoms with Crippen LogP contribution in [0.25, 0.3) is 109 Å². The van der Waals surface area contributed by atoms with Gasteiger partial charge in [-0.2, -0.15) is 0 Å². The van der Waals surface area contributed by atoms with Crippen LogP contribution in [0.15, 0.2) is 188 Å². The molecule has 2 aromatic heterocycles. The highest BCUT2D eigenvalue weighted by Crippen LogP contribution is 2.41. The maximum atomic E-state index is 5.38. The molecule has 0 unspecified atom stereocenters. The minimum absolute atomic E-state index is 0.642. The van der Waals surface area contributed by atoms with Crippen molar-refractivity contribution in [3.05, 3.63) is 188 Å². The predicted molar refractivity (Wildman–Crippen MR) is 232 cm³/mol. The summed E-state index contributed by atoms with van der Waals surface area (Å²) >= 11 is 1.84. The van der Waals surface area contributed by atoms with Crippen molar-refractivity contribution in [2.75, 3.05) is 0 Å². The summed E-state index contributed by atoms with van der Waals surface area (Å²) < 4.78 is 2.58. The molecule has 0 bridgehead atoms. The standard InChI is InChI=1S/C51H31N3S/c1-3-12-32(13-4-1)36-23-22-34-17-11-20-43(44(34)28-36)50-52-49(35-15-5-2-6-16-35)53-51(54-50)46-30-38(29-45-39-18-8-7-14-33(39)24-26-40(45)46)37-25-27-42-41-19-9-10-21-47(41)55-48(42)31-37/h1-31H. The highest BCUT2D eigenvalue weighted by Gasteiger charge is 2.19. The van der Waals surface area contributed by atoms with E-state index in [1.165, 1.54) is 41.9 Å². The molecular formula is C51H31N3S. The van der Waals surface area contributed by atoms with Gasteiger partial charge >= 0.3 is 0 Å². The first-order valence-electron chi connectivity index (χ1n) is 18.5. The van der Waals surface area contributed by atoms with Crippen LogP contribution in [0.1, 0.15) is 0 Å². The molecule has 4 heteroatoms. The van der Waals surface area contributed by atoms with Crippen LogP contribution in [-0.4, -0.2) is 15.0 Å². The number of benzene rings is 9. The van der Waals surface area contributed by atoms with Crippen molar-refractivity contribution in [1.82, 2.24) is 15.0 Å². The summed E-state index contributed by atoms with van der Waals surface area (Å²) in [6.07, 6.45) is 0. The van der Waals surface area contributed by atoms with E-state index in [4.69, 9.17) is 15.0 Å². The average Bonchev–Trinajstić information content (AvgIpc) is 3.64. The molecule has 0 saturated carbocycles. The molecule has 0 radical (unpaired) electrons. The molecule has 0 atom stereocenters. The molecule has 0 aliphatic carbocycles. The lowest BCUT2D eigenvalue weighted by atomic mass is 9.92. The second-order valence-corrected chi connectivity index (χ2v) is 15.1. The monoisotopic (exact) mass is 717 g/mol. The van der Waals surface area contributed by atoms with Crippen molar-refractivity contribution < 1.29 is 0 Å². The van der Waals surface area contributed by atoms with Gasteiger partial charge in [-0.25, -0.2) is 15.0 Å². The van der Waals surface area contributed by atoms with Gasteiger partial charge in [-0.3, -0.25) is 0 Å². The van der Waals surface area contributed by atoms with E-state index in [-0.39, 0.29) is 0 Å². The van der Waals surface area contributed by atoms with Crippen LogP contribution in [0.3, 0.4) is 0 Å². The number of nitrogens with zero attached hydrogens (tertiary/aromatic N) is 3. The molecular weight excluding hydrogens is 687 g/mol. The van der Waals surface area contributed by atoms with Gasteiger partial charge in [-0.05, 0) is 84.9 Å². The first-order chi connectivity index (χ1) is 27.2. The summed E-state index contributed by atoms with van der Waals surface area (Å²) in [4.78, 5) is 15.8. The van der Waals surface area contributed by atoms with E-state index < -0.39 is 0 Å². The van der Waals surface area contributed by atoms with Gasteiger partial charge in [-0.15, -0.1) is 11.3 Å². The molecule has 9 aromatic carbocycles. The van der Waals surface area contributed by atoms with Crippen LogP contribution in [0.5, 0.6) is 0 Å². The number of thiophene rings is 1. The lowest BCUT2D eigenvalue weighted by Crippen LogP contribution is -2.01. The maximum Gasteiger partial charge on any atom is 0.164 e. The minimum Gasteiger partial charge on any atom is -0.208 e. The molecule has 11 aromatic rings. The molecule has 0 aliphatic rings. The van der Waals surface area contributed by atoms with Gasteiger partial charge in [0.05, 0.1) is 0 Å². The van der Waals surface area contributed by atoms with Gasteiger partial charge in [0.25, 0.3) is 0 Å². The Bertz CT molecular complexity index is 3260. The Hall–Kier alpha value is -7.01. The number of fused-ring (bicyclic) bond motifs is 7. The van der Waals surface area contributed by atoms with Gasteiger partial charge in [0.1, 0.15) is 0 Å². The van der Waals surface area contributed by atoms with Gasteiger partial charge in [0, 0.05) is 36.9 Å². The zero-order valence-electron chi connectivity index (χ0n) is 29.6. The molecule has 11 rings (SSSR count). The van der Waals surface area contributed by atoms with Crippen molar-refractivity contribution in [3.8, 4) is 56.4 Å². The molecule has 256 valence electrons. The lowest BCUT2D eigenvalue weighted by Gasteiger charge is -2.15. The molecule has 2 heterocycles. The van der Waals surface area contributed by atoms with Crippen LogP contribution in [0.2, 0.25) is 0 Å². The fourth-order valence-electron chi connectivity index (χ4n) is 7.98. The van der Waals surface area contributed by atoms with Crippen LogP contribution in [-0.2, 0) is 0 Å². The number of rotatable bonds is 5. The molecule has 0 N–H and O–H groups in total. The third-order valence-corrected chi connectivity index (χ3v) is 11.8. The van der Waals surface area contributed by atoms with Gasteiger partial charge in [0.15, 0.2) is 17.5 Å². The predicted octanol–water partition coefficient (Wildman–Crippen LogP) is 14.0. The highest BCUT2D eigenvalue weighted by atomic mass is 32.1. The zero-order valence-corrected chi connectivity index (χ0v) is 30.5. The summed E-state index contributed by atoms with van der Waals surface area (Å²) in [6, 6.07) is 67.0. The zero-order chi connectivity index (χ0) is 36.3. The van der Waals surface area contributed by atoms with Crippen LogP contribution in [0.4, 0.5) is 0 Å². The Morgan fingerprint density at radius 3 is 1.71 bits per heavy atom. The molecule has 0 saturated heterocycles. The second kappa shape index (κ2) is 12.8. The summed E-state index contributed by atoms with van der Waals surface area (Å²) in [6.45, 7) is 0. The summed E-state index contributed by atoms with van der Waals surface area (Å²) in [5.74, 6) is 1.93. The molecule has 0 spiro atoms. The molecule has 0 aliphatic heterocycles. The smallest absolute Gasteiger partial charge is 0.164 e. The van der Waals surface area contributed by atoms with Crippen molar-refractivity contribution >= 4 is 63.8 Å². The highest BCUT2D eigenvalue weighted by molar-refractivity contribution is 7.25. The maximum absolute atomic E-state index is 5.38. The Morgan fingerprint density at radius 1 is 0.273 bits per heavy atom. The summed E-state index contributed by atoms with van der Waals surface area (Å²) in [5, 5.41) is 9.49. The second-order valence-electron chi connectivity index (χ2n) is 14.0. The van der Waals surface area contributed by atoms with E-state index >= 15 is 0 Å². The van der Waals surface area contributed by atoms with E-state index in [1.807, 2.05) is 29.5 Å². The number of aromatic nitrogens is 3. The summed E-state index contributed by atoms with van der Waals surface area (Å²) in [7, 11) is 0. The van der Waals surface area contributed by atoms with Crippen molar-refractivity contribution in [3.63, 3.8) is 0 Å². The fourth-order valence-corrected chi connectivity index (χ4v) is 9.13. The quantitative estimate of drug-likeness (QED) is 0.166. The van der Waals surface area contributed by atoms with Crippen LogP contribution in [0, 0.1) is 0 Å². The normalized spacial score (nSPS) is 11.6. The molecule has 0 fully saturated rings. The average molecular weight is 718 g/mol. The van der Waals surface area contributed by atoms with E-state index in [0.29, 0.717) is 17.5 Å². The van der Waals surface area contributed by atoms with E-state index in [2.05, 4.69) is 170 Å². The van der Waals surface area contributed by atoms with E-state index in [9.17, 15) is 0 Å². The first kappa shape index (κ1) is 31.5. The Balaban J connectivity index is 1.18. The van der Waals surface area contributed by atoms with Crippen molar-refractivity contribution in [1.29, 1.82) is 0 Å². The van der Waals surface area contributed by atoms with Gasteiger partial charge in [0.2, 0.25) is 0 Å². The number of hydrogen-bond acceptors (Lipinski definition) is 4. The lowest BCUT2D eigenvalue weighted by molar-refractivity contribution is 1.08. The van der Waals surface area contributed by atoms with Crippen molar-refractivity contribution in [2.24, 2.45) is 0 Å². The Labute approximate surface area is 321 Å². The first-order valence-corrected chi connectivity index (χ1v) is 19.3. The van der Waals surface area contributed by atoms with E-state index in [0.717, 1.165) is 49.5 Å². The Morgan fingerprint density at radius 2 is 0.855 bits per heavy atom. The fraction of sp³-hybridized carbons (Fsp3) is 0. The molecule has 3 nitrogen and oxygen atoms in total. The summed E-state index contributed by atoms with van der Waals surface area (Å²) in [5.41, 5.74) is 7.50.